The molecule has 0 aliphatic carbocycles. The number of nitrogens with zero attached hydrogens (tertiary/aromatic N) is 3. The van der Waals surface area contributed by atoms with Crippen molar-refractivity contribution in [3.63, 3.8) is 0 Å². The Morgan fingerprint density at radius 2 is 2.17 bits per heavy atom. The van der Waals surface area contributed by atoms with Crippen molar-refractivity contribution < 1.29 is 14.3 Å². The number of hydrogen-bond donors (Lipinski definition) is 1. The van der Waals surface area contributed by atoms with Crippen LogP contribution in [0.2, 0.25) is 0 Å². The monoisotopic (exact) mass is 330 g/mol. The Kier molecular flexibility index (Phi) is 5.55. The van der Waals surface area contributed by atoms with Crippen LogP contribution >= 0.6 is 0 Å². The highest BCUT2D eigenvalue weighted by Crippen LogP contribution is 2.24. The molecular formula is C17H22N4O3. The maximum absolute atomic E-state index is 12.3. The SMILES string of the molecule is COCCCNC(=O)c1ccc2ncnc(N3CCOCC3)c2c1. The molecule has 0 saturated carbocycles. The van der Waals surface area contributed by atoms with Gasteiger partial charge >= 0.3 is 0 Å². The lowest BCUT2D eigenvalue weighted by atomic mass is 10.1. The minimum atomic E-state index is -0.0928. The zero-order valence-electron chi connectivity index (χ0n) is 13.8. The first-order valence-electron chi connectivity index (χ1n) is 8.14. The van der Waals surface area contributed by atoms with Crippen LogP contribution in [0, 0.1) is 0 Å². The number of ether oxygens (including phenoxy) is 2. The van der Waals surface area contributed by atoms with Gasteiger partial charge in [-0.15, -0.1) is 0 Å². The maximum atomic E-state index is 12.3. The first-order chi connectivity index (χ1) is 11.8. The number of nitrogens with one attached hydrogen (secondary N) is 1. The summed E-state index contributed by atoms with van der Waals surface area (Å²) < 4.78 is 10.4. The molecule has 1 aliphatic heterocycles. The molecule has 1 fully saturated rings. The molecule has 7 nitrogen and oxygen atoms in total. The summed E-state index contributed by atoms with van der Waals surface area (Å²) in [6.45, 7) is 4.18. The van der Waals surface area contributed by atoms with Gasteiger partial charge in [0.1, 0.15) is 12.1 Å². The molecule has 1 saturated heterocycles. The zero-order chi connectivity index (χ0) is 16.8. The Labute approximate surface area is 141 Å². The molecular weight excluding hydrogens is 308 g/mol. The summed E-state index contributed by atoms with van der Waals surface area (Å²) in [6.07, 6.45) is 2.36. The van der Waals surface area contributed by atoms with Gasteiger partial charge in [-0.3, -0.25) is 4.79 Å². The van der Waals surface area contributed by atoms with Crippen LogP contribution in [0.15, 0.2) is 24.5 Å². The van der Waals surface area contributed by atoms with Gasteiger partial charge in [0.05, 0.1) is 18.7 Å². The number of benzene rings is 1. The summed E-state index contributed by atoms with van der Waals surface area (Å²) in [5, 5.41) is 3.80. The fourth-order valence-electron chi connectivity index (χ4n) is 2.73. The van der Waals surface area contributed by atoms with E-state index in [0.29, 0.717) is 31.9 Å². The number of rotatable bonds is 6. The summed E-state index contributed by atoms with van der Waals surface area (Å²) >= 11 is 0. The Bertz CT molecular complexity index is 701. The highest BCUT2D eigenvalue weighted by molar-refractivity contribution is 6.00. The van der Waals surface area contributed by atoms with Crippen molar-refractivity contribution >= 4 is 22.6 Å². The van der Waals surface area contributed by atoms with Gasteiger partial charge in [0, 0.05) is 44.3 Å². The molecule has 1 aliphatic rings. The first-order valence-corrected chi connectivity index (χ1v) is 8.14. The van der Waals surface area contributed by atoms with Crippen LogP contribution in [0.4, 0.5) is 5.82 Å². The van der Waals surface area contributed by atoms with Crippen LogP contribution in [0.25, 0.3) is 10.9 Å². The van der Waals surface area contributed by atoms with E-state index >= 15 is 0 Å². The van der Waals surface area contributed by atoms with Crippen molar-refractivity contribution in [1.82, 2.24) is 15.3 Å². The molecule has 0 spiro atoms. The van der Waals surface area contributed by atoms with E-state index in [4.69, 9.17) is 9.47 Å². The highest BCUT2D eigenvalue weighted by atomic mass is 16.5. The molecule has 24 heavy (non-hydrogen) atoms. The molecule has 1 aromatic heterocycles. The number of carbonyl (C=O) groups is 1. The lowest BCUT2D eigenvalue weighted by Crippen LogP contribution is -2.37. The van der Waals surface area contributed by atoms with Gasteiger partial charge in [0.25, 0.3) is 5.91 Å². The van der Waals surface area contributed by atoms with E-state index in [0.717, 1.165) is 36.2 Å². The average molecular weight is 330 g/mol. The van der Waals surface area contributed by atoms with Crippen LogP contribution in [-0.4, -0.2) is 62.4 Å². The smallest absolute Gasteiger partial charge is 0.251 e. The summed E-state index contributed by atoms with van der Waals surface area (Å²) in [6, 6.07) is 5.53. The number of amides is 1. The van der Waals surface area contributed by atoms with Gasteiger partial charge in [-0.05, 0) is 24.6 Å². The number of morpholine rings is 1. The normalized spacial score (nSPS) is 14.8. The molecule has 0 unspecified atom stereocenters. The molecule has 0 atom stereocenters. The van der Waals surface area contributed by atoms with E-state index in [1.165, 1.54) is 0 Å². The van der Waals surface area contributed by atoms with Crippen molar-refractivity contribution in [2.24, 2.45) is 0 Å². The molecule has 2 heterocycles. The topological polar surface area (TPSA) is 76.6 Å². The third-order valence-corrected chi connectivity index (χ3v) is 4.00. The number of fused-ring (bicyclic) bond motifs is 1. The third-order valence-electron chi connectivity index (χ3n) is 4.00. The van der Waals surface area contributed by atoms with Crippen LogP contribution in [0.1, 0.15) is 16.8 Å². The number of methoxy groups -OCH3 is 1. The van der Waals surface area contributed by atoms with Crippen LogP contribution < -0.4 is 10.2 Å². The molecule has 1 N–H and O–H groups in total. The molecule has 3 rings (SSSR count). The largest absolute Gasteiger partial charge is 0.385 e. The fourth-order valence-corrected chi connectivity index (χ4v) is 2.73. The predicted molar refractivity (Wildman–Crippen MR) is 91.4 cm³/mol. The Balaban J connectivity index is 1.82. The number of carbonyl (C=O) groups excluding carboxylic acids is 1. The van der Waals surface area contributed by atoms with E-state index in [-0.39, 0.29) is 5.91 Å². The van der Waals surface area contributed by atoms with E-state index < -0.39 is 0 Å². The van der Waals surface area contributed by atoms with E-state index in [1.807, 2.05) is 12.1 Å². The molecule has 0 bridgehead atoms. The van der Waals surface area contributed by atoms with Crippen molar-refractivity contribution in [3.8, 4) is 0 Å². The first kappa shape index (κ1) is 16.6. The zero-order valence-corrected chi connectivity index (χ0v) is 13.8. The van der Waals surface area contributed by atoms with Crippen LogP contribution in [-0.2, 0) is 9.47 Å². The van der Waals surface area contributed by atoms with Gasteiger partial charge in [0.15, 0.2) is 0 Å². The summed E-state index contributed by atoms with van der Waals surface area (Å²) in [5.74, 6) is 0.766. The van der Waals surface area contributed by atoms with Crippen molar-refractivity contribution in [2.45, 2.75) is 6.42 Å². The minimum absolute atomic E-state index is 0.0928. The molecule has 128 valence electrons. The third kappa shape index (κ3) is 3.80. The number of hydrogen-bond acceptors (Lipinski definition) is 6. The molecule has 0 radical (unpaired) electrons. The number of aromatic nitrogens is 2. The second kappa shape index (κ2) is 8.03. The highest BCUT2D eigenvalue weighted by Gasteiger charge is 2.16. The number of anilines is 1. The van der Waals surface area contributed by atoms with Gasteiger partial charge in [0.2, 0.25) is 0 Å². The fraction of sp³-hybridized carbons (Fsp3) is 0.471. The van der Waals surface area contributed by atoms with Crippen molar-refractivity contribution in [3.05, 3.63) is 30.1 Å². The Morgan fingerprint density at radius 1 is 1.33 bits per heavy atom. The quantitative estimate of drug-likeness (QED) is 0.803. The lowest BCUT2D eigenvalue weighted by molar-refractivity contribution is 0.0948. The standard InChI is InChI=1S/C17H22N4O3/c1-23-8-2-5-18-17(22)13-3-4-15-14(11-13)16(20-12-19-15)21-6-9-24-10-7-21/h3-4,11-12H,2,5-10H2,1H3,(H,18,22). The van der Waals surface area contributed by atoms with Crippen molar-refractivity contribution in [1.29, 1.82) is 0 Å². The molecule has 1 aromatic carbocycles. The van der Waals surface area contributed by atoms with E-state index in [1.54, 1.807) is 19.5 Å². The molecule has 7 heteroatoms. The van der Waals surface area contributed by atoms with E-state index in [9.17, 15) is 4.79 Å². The Morgan fingerprint density at radius 3 is 2.96 bits per heavy atom. The van der Waals surface area contributed by atoms with Gasteiger partial charge in [-0.1, -0.05) is 0 Å². The molecule has 2 aromatic rings. The summed E-state index contributed by atoms with van der Waals surface area (Å²) in [5.41, 5.74) is 1.45. The van der Waals surface area contributed by atoms with Crippen LogP contribution in [0.3, 0.4) is 0 Å². The second-order valence-corrected chi connectivity index (χ2v) is 5.63. The summed E-state index contributed by atoms with van der Waals surface area (Å²) in [4.78, 5) is 23.2. The minimum Gasteiger partial charge on any atom is -0.385 e. The van der Waals surface area contributed by atoms with Gasteiger partial charge in [-0.2, -0.15) is 0 Å². The average Bonchev–Trinajstić information content (AvgIpc) is 2.65. The second-order valence-electron chi connectivity index (χ2n) is 5.63. The molecule has 1 amide bonds. The Hall–Kier alpha value is -2.25. The van der Waals surface area contributed by atoms with Gasteiger partial charge < -0.3 is 19.7 Å². The van der Waals surface area contributed by atoms with Crippen LogP contribution in [0.5, 0.6) is 0 Å². The maximum Gasteiger partial charge on any atom is 0.251 e. The predicted octanol–water partition coefficient (Wildman–Crippen LogP) is 1.23. The van der Waals surface area contributed by atoms with E-state index in [2.05, 4.69) is 20.2 Å². The van der Waals surface area contributed by atoms with Gasteiger partial charge in [-0.25, -0.2) is 9.97 Å². The van der Waals surface area contributed by atoms with Crippen molar-refractivity contribution in [2.75, 3.05) is 51.5 Å². The lowest BCUT2D eigenvalue weighted by Gasteiger charge is -2.28. The summed E-state index contributed by atoms with van der Waals surface area (Å²) in [7, 11) is 1.65.